The summed E-state index contributed by atoms with van der Waals surface area (Å²) in [5.41, 5.74) is 1.04. The maximum Gasteiger partial charge on any atom is 0.120 e. The molecule has 0 heterocycles. The van der Waals surface area contributed by atoms with Crippen LogP contribution in [0.4, 0.5) is 0 Å². The summed E-state index contributed by atoms with van der Waals surface area (Å²) in [6.07, 6.45) is 5.78. The molecule has 2 aromatic carbocycles. The van der Waals surface area contributed by atoms with Crippen molar-refractivity contribution in [2.24, 2.45) is 17.8 Å². The fourth-order valence-electron chi connectivity index (χ4n) is 4.52. The van der Waals surface area contributed by atoms with Gasteiger partial charge in [-0.05, 0) is 60.4 Å². The van der Waals surface area contributed by atoms with Gasteiger partial charge in [0.2, 0.25) is 0 Å². The third-order valence-corrected chi connectivity index (χ3v) is 5.61. The summed E-state index contributed by atoms with van der Waals surface area (Å²) in [6, 6.07) is 12.1. The Bertz CT molecular complexity index is 651. The van der Waals surface area contributed by atoms with Gasteiger partial charge in [-0.15, -0.1) is 0 Å². The van der Waals surface area contributed by atoms with Crippen LogP contribution in [0.2, 0.25) is 0 Å². The van der Waals surface area contributed by atoms with Crippen LogP contribution in [0.25, 0.3) is 10.8 Å². The second-order valence-electron chi connectivity index (χ2n) is 6.85. The van der Waals surface area contributed by atoms with Crippen molar-refractivity contribution >= 4 is 10.8 Å². The van der Waals surface area contributed by atoms with E-state index in [4.69, 9.17) is 0 Å². The molecule has 2 aliphatic carbocycles. The molecule has 0 spiro atoms. The van der Waals surface area contributed by atoms with Gasteiger partial charge in [0.15, 0.2) is 0 Å². The first-order chi connectivity index (χ1) is 10.3. The molecule has 3 atom stereocenters. The lowest BCUT2D eigenvalue weighted by molar-refractivity contribution is 0.318. The molecule has 21 heavy (non-hydrogen) atoms. The van der Waals surface area contributed by atoms with E-state index in [1.54, 1.807) is 0 Å². The number of fused-ring (bicyclic) bond motifs is 3. The van der Waals surface area contributed by atoms with Crippen molar-refractivity contribution in [2.45, 2.75) is 32.2 Å². The van der Waals surface area contributed by atoms with Crippen LogP contribution >= 0.6 is 0 Å². The smallest absolute Gasteiger partial charge is 0.120 e. The Hall–Kier alpha value is -1.54. The minimum absolute atomic E-state index is 0.411. The van der Waals surface area contributed by atoms with Crippen LogP contribution < -0.4 is 5.32 Å². The third-order valence-electron chi connectivity index (χ3n) is 5.61. The van der Waals surface area contributed by atoms with Crippen molar-refractivity contribution in [3.05, 3.63) is 42.0 Å². The zero-order valence-corrected chi connectivity index (χ0v) is 12.4. The monoisotopic (exact) mass is 281 g/mol. The van der Waals surface area contributed by atoms with E-state index in [9.17, 15) is 5.11 Å². The van der Waals surface area contributed by atoms with E-state index in [0.29, 0.717) is 5.75 Å². The number of hydrogen-bond acceptors (Lipinski definition) is 2. The van der Waals surface area contributed by atoms with Crippen molar-refractivity contribution in [1.29, 1.82) is 0 Å². The molecule has 0 saturated heterocycles. The van der Waals surface area contributed by atoms with E-state index >= 15 is 0 Å². The summed E-state index contributed by atoms with van der Waals surface area (Å²) in [5, 5.41) is 16.1. The third kappa shape index (κ3) is 2.42. The van der Waals surface area contributed by atoms with E-state index in [0.717, 1.165) is 41.8 Å². The van der Waals surface area contributed by atoms with Crippen LogP contribution in [0, 0.1) is 17.8 Å². The second kappa shape index (κ2) is 5.34. The van der Waals surface area contributed by atoms with Crippen molar-refractivity contribution in [3.8, 4) is 5.75 Å². The van der Waals surface area contributed by atoms with Gasteiger partial charge >= 0.3 is 0 Å². The molecule has 2 bridgehead atoms. The highest BCUT2D eigenvalue weighted by Gasteiger charge is 2.38. The largest absolute Gasteiger partial charge is 0.508 e. The second-order valence-corrected chi connectivity index (χ2v) is 6.85. The van der Waals surface area contributed by atoms with Crippen LogP contribution in [0.5, 0.6) is 5.75 Å². The molecule has 2 saturated carbocycles. The van der Waals surface area contributed by atoms with Crippen molar-refractivity contribution < 1.29 is 5.11 Å². The van der Waals surface area contributed by atoms with E-state index in [1.165, 1.54) is 31.1 Å². The van der Waals surface area contributed by atoms with E-state index < -0.39 is 0 Å². The zero-order valence-electron chi connectivity index (χ0n) is 12.4. The van der Waals surface area contributed by atoms with Crippen molar-refractivity contribution in [1.82, 2.24) is 5.32 Å². The highest BCUT2D eigenvalue weighted by Crippen LogP contribution is 2.48. The minimum Gasteiger partial charge on any atom is -0.508 e. The maximum atomic E-state index is 10.2. The quantitative estimate of drug-likeness (QED) is 0.885. The first-order valence-corrected chi connectivity index (χ1v) is 8.21. The Balaban J connectivity index is 1.46. The minimum atomic E-state index is 0.411. The molecule has 2 aromatic rings. The molecule has 2 fully saturated rings. The van der Waals surface area contributed by atoms with Gasteiger partial charge in [-0.1, -0.05) is 36.8 Å². The average Bonchev–Trinajstić information content (AvgIpc) is 3.12. The Morgan fingerprint density at radius 1 is 1.05 bits per heavy atom. The molecule has 3 unspecified atom stereocenters. The predicted octanol–water partition coefficient (Wildman–Crippen LogP) is 4.07. The van der Waals surface area contributed by atoms with E-state index in [-0.39, 0.29) is 0 Å². The van der Waals surface area contributed by atoms with Gasteiger partial charge in [0, 0.05) is 12.1 Å². The lowest BCUT2D eigenvalue weighted by Crippen LogP contribution is -2.26. The number of benzene rings is 2. The molecule has 0 radical (unpaired) electrons. The lowest BCUT2D eigenvalue weighted by atomic mass is 9.89. The van der Waals surface area contributed by atoms with Crippen LogP contribution in [-0.4, -0.2) is 11.7 Å². The number of nitrogens with one attached hydrogen (secondary N) is 1. The molecular formula is C19H23NO. The van der Waals surface area contributed by atoms with E-state index in [1.807, 2.05) is 24.3 Å². The molecule has 2 N–H and O–H groups in total. The van der Waals surface area contributed by atoms with Crippen molar-refractivity contribution in [2.75, 3.05) is 6.54 Å². The molecule has 110 valence electrons. The molecule has 4 rings (SSSR count). The van der Waals surface area contributed by atoms with Gasteiger partial charge in [-0.25, -0.2) is 0 Å². The van der Waals surface area contributed by atoms with Crippen LogP contribution in [-0.2, 0) is 6.54 Å². The maximum absolute atomic E-state index is 10.2. The number of hydrogen-bond donors (Lipinski definition) is 2. The summed E-state index contributed by atoms with van der Waals surface area (Å²) < 4.78 is 0. The zero-order chi connectivity index (χ0) is 14.2. The summed E-state index contributed by atoms with van der Waals surface area (Å²) in [5.74, 6) is 3.24. The molecule has 2 nitrogen and oxygen atoms in total. The Labute approximate surface area is 126 Å². The Kier molecular flexibility index (Phi) is 3.34. The van der Waals surface area contributed by atoms with Crippen LogP contribution in [0.15, 0.2) is 36.4 Å². The summed E-state index contributed by atoms with van der Waals surface area (Å²) >= 11 is 0. The highest BCUT2D eigenvalue weighted by atomic mass is 16.3. The van der Waals surface area contributed by atoms with Gasteiger partial charge in [-0.2, -0.15) is 0 Å². The first kappa shape index (κ1) is 13.1. The van der Waals surface area contributed by atoms with Gasteiger partial charge in [0.25, 0.3) is 0 Å². The standard InChI is InChI=1S/C19H23NO/c21-19-8-7-14-3-1-2-4-17(14)18(19)12-20-11-16-10-13-5-6-15(16)9-13/h1-4,7-8,13,15-16,20-21H,5-6,9-12H2. The normalized spacial score (nSPS) is 27.5. The van der Waals surface area contributed by atoms with Gasteiger partial charge < -0.3 is 10.4 Å². The number of aromatic hydroxyl groups is 1. The van der Waals surface area contributed by atoms with Gasteiger partial charge in [0.1, 0.15) is 5.75 Å². The highest BCUT2D eigenvalue weighted by molar-refractivity contribution is 5.87. The molecule has 0 amide bonds. The van der Waals surface area contributed by atoms with Crippen LogP contribution in [0.1, 0.15) is 31.2 Å². The van der Waals surface area contributed by atoms with Crippen LogP contribution in [0.3, 0.4) is 0 Å². The SMILES string of the molecule is Oc1ccc2ccccc2c1CNCC1CC2CCC1C2. The summed E-state index contributed by atoms with van der Waals surface area (Å²) in [6.45, 7) is 1.87. The Morgan fingerprint density at radius 3 is 2.76 bits per heavy atom. The van der Waals surface area contributed by atoms with E-state index in [2.05, 4.69) is 17.4 Å². The van der Waals surface area contributed by atoms with Crippen molar-refractivity contribution in [3.63, 3.8) is 0 Å². The first-order valence-electron chi connectivity index (χ1n) is 8.21. The fourth-order valence-corrected chi connectivity index (χ4v) is 4.52. The average molecular weight is 281 g/mol. The molecule has 0 aliphatic heterocycles. The number of phenolic OH excluding ortho intramolecular Hbond substituents is 1. The molecule has 0 aromatic heterocycles. The molecule has 2 heteroatoms. The Morgan fingerprint density at radius 2 is 1.95 bits per heavy atom. The number of phenols is 1. The fraction of sp³-hybridized carbons (Fsp3) is 0.474. The van der Waals surface area contributed by atoms with Gasteiger partial charge in [0.05, 0.1) is 0 Å². The molecule has 2 aliphatic rings. The lowest BCUT2D eigenvalue weighted by Gasteiger charge is -2.22. The topological polar surface area (TPSA) is 32.3 Å². The summed E-state index contributed by atoms with van der Waals surface area (Å²) in [7, 11) is 0. The predicted molar refractivity (Wildman–Crippen MR) is 86.3 cm³/mol. The summed E-state index contributed by atoms with van der Waals surface area (Å²) in [4.78, 5) is 0. The molecular weight excluding hydrogens is 258 g/mol. The number of rotatable bonds is 4. The van der Waals surface area contributed by atoms with Gasteiger partial charge in [-0.3, -0.25) is 0 Å².